The Morgan fingerprint density at radius 2 is 1.72 bits per heavy atom. The van der Waals surface area contributed by atoms with E-state index < -0.39 is 29.4 Å². The van der Waals surface area contributed by atoms with E-state index in [0.29, 0.717) is 11.1 Å². The predicted octanol–water partition coefficient (Wildman–Crippen LogP) is 4.83. The number of ether oxygens (including phenoxy) is 3. The number of carbonyl (C=O) groups is 1. The number of aromatic nitrogens is 2. The van der Waals surface area contributed by atoms with Crippen LogP contribution in [-0.2, 0) is 11.0 Å². The van der Waals surface area contributed by atoms with Gasteiger partial charge in [-0.15, -0.1) is 0 Å². The normalized spacial score (nSPS) is 12.5. The van der Waals surface area contributed by atoms with Crippen LogP contribution in [0, 0.1) is 0 Å². The molecule has 39 heavy (non-hydrogen) atoms. The Balaban J connectivity index is 1.87. The summed E-state index contributed by atoms with van der Waals surface area (Å²) in [4.78, 5) is 29.1. The summed E-state index contributed by atoms with van der Waals surface area (Å²) in [7, 11) is 2.69. The minimum Gasteiger partial charge on any atom is -0.493 e. The molecule has 1 heterocycles. The number of hydrogen-bond acceptors (Lipinski definition) is 7. The van der Waals surface area contributed by atoms with Crippen molar-refractivity contribution in [1.82, 2.24) is 9.66 Å². The van der Waals surface area contributed by atoms with Crippen LogP contribution in [0.3, 0.4) is 0 Å². The number of hydrogen-bond donors (Lipinski definition) is 1. The number of aliphatic carboxylic acids is 1. The summed E-state index contributed by atoms with van der Waals surface area (Å²) in [5.41, 5.74) is -0.823. The highest BCUT2D eigenvalue weighted by Crippen LogP contribution is 2.39. The van der Waals surface area contributed by atoms with E-state index in [1.165, 1.54) is 57.7 Å². The number of rotatable bonds is 8. The van der Waals surface area contributed by atoms with Crippen LogP contribution >= 0.6 is 0 Å². The Bertz CT molecular complexity index is 1610. The smallest absolute Gasteiger partial charge is 0.416 e. The molecule has 0 unspecified atom stereocenters. The molecule has 1 aromatic heterocycles. The minimum absolute atomic E-state index is 0.0337. The van der Waals surface area contributed by atoms with Gasteiger partial charge in [-0.1, -0.05) is 24.3 Å². The fraction of sp³-hybridized carbons (Fsp3) is 0.185. The van der Waals surface area contributed by atoms with Crippen LogP contribution in [0.25, 0.3) is 22.3 Å². The molecule has 0 aliphatic heterocycles. The fourth-order valence-electron chi connectivity index (χ4n) is 3.69. The highest BCUT2D eigenvalue weighted by Gasteiger charge is 2.31. The van der Waals surface area contributed by atoms with Crippen molar-refractivity contribution in [3.63, 3.8) is 0 Å². The second-order valence-electron chi connectivity index (χ2n) is 8.25. The molecule has 0 aliphatic rings. The molecule has 0 saturated heterocycles. The molecule has 0 bridgehead atoms. The van der Waals surface area contributed by atoms with Crippen molar-refractivity contribution in [2.45, 2.75) is 19.2 Å². The van der Waals surface area contributed by atoms with E-state index >= 15 is 0 Å². The van der Waals surface area contributed by atoms with E-state index in [2.05, 4.69) is 10.1 Å². The maximum absolute atomic E-state index is 13.4. The number of alkyl halides is 3. The van der Waals surface area contributed by atoms with Crippen molar-refractivity contribution in [3.05, 3.63) is 82.1 Å². The summed E-state index contributed by atoms with van der Waals surface area (Å²) in [6, 6.07) is 13.8. The third kappa shape index (κ3) is 5.69. The summed E-state index contributed by atoms with van der Waals surface area (Å²) < 4.78 is 57.2. The van der Waals surface area contributed by atoms with Crippen LogP contribution in [0.2, 0.25) is 0 Å². The number of fused-ring (bicyclic) bond motifs is 1. The van der Waals surface area contributed by atoms with Gasteiger partial charge in [0.25, 0.3) is 5.56 Å². The zero-order valence-electron chi connectivity index (χ0n) is 20.9. The third-order valence-corrected chi connectivity index (χ3v) is 5.65. The molecule has 0 saturated carbocycles. The first-order valence-electron chi connectivity index (χ1n) is 11.4. The molecular weight excluding hydrogens is 519 g/mol. The number of nitrogens with zero attached hydrogens (tertiary/aromatic N) is 3. The molecule has 1 atom stereocenters. The number of halogens is 3. The molecule has 0 radical (unpaired) electrons. The van der Waals surface area contributed by atoms with Gasteiger partial charge in [0.15, 0.2) is 23.4 Å². The Hall–Kier alpha value is -4.87. The second-order valence-corrected chi connectivity index (χ2v) is 8.25. The third-order valence-electron chi connectivity index (χ3n) is 5.65. The van der Waals surface area contributed by atoms with Crippen molar-refractivity contribution in [3.8, 4) is 28.6 Å². The summed E-state index contributed by atoms with van der Waals surface area (Å²) >= 11 is 0. The van der Waals surface area contributed by atoms with Crippen LogP contribution in [0.1, 0.15) is 18.1 Å². The molecule has 0 amide bonds. The van der Waals surface area contributed by atoms with Gasteiger partial charge in [-0.3, -0.25) is 4.79 Å². The molecule has 0 fully saturated rings. The highest BCUT2D eigenvalue weighted by atomic mass is 19.4. The first-order valence-corrected chi connectivity index (χ1v) is 11.4. The number of benzene rings is 3. The van der Waals surface area contributed by atoms with Crippen LogP contribution in [-0.4, -0.2) is 47.3 Å². The summed E-state index contributed by atoms with van der Waals surface area (Å²) in [5.74, 6) is -0.997. The lowest BCUT2D eigenvalue weighted by Gasteiger charge is -2.17. The van der Waals surface area contributed by atoms with Crippen LogP contribution < -0.4 is 19.8 Å². The molecular formula is C27H22F3N3O6. The number of carboxylic acids is 1. The van der Waals surface area contributed by atoms with Crippen molar-refractivity contribution < 1.29 is 37.3 Å². The van der Waals surface area contributed by atoms with Gasteiger partial charge in [0, 0.05) is 11.1 Å². The lowest BCUT2D eigenvalue weighted by Crippen LogP contribution is -2.23. The number of carboxylic acid groups (broad SMARTS) is 1. The SMILES string of the molecule is COc1cc(C=Nn2c(-c3cccc(C(F)(F)F)c3)nc3ccccc3c2=O)cc(OC)c1O[C@@H](C)C(=O)O. The van der Waals surface area contributed by atoms with Gasteiger partial charge in [-0.25, -0.2) is 9.78 Å². The maximum atomic E-state index is 13.4. The monoisotopic (exact) mass is 541 g/mol. The van der Waals surface area contributed by atoms with E-state index in [-0.39, 0.29) is 34.0 Å². The van der Waals surface area contributed by atoms with Gasteiger partial charge in [-0.05, 0) is 43.3 Å². The molecule has 1 N–H and O–H groups in total. The van der Waals surface area contributed by atoms with Crippen molar-refractivity contribution >= 4 is 23.1 Å². The summed E-state index contributed by atoms with van der Waals surface area (Å²) in [5, 5.41) is 13.7. The maximum Gasteiger partial charge on any atom is 0.416 e. The molecule has 4 rings (SSSR count). The Labute approximate surface area is 219 Å². The molecule has 0 spiro atoms. The Morgan fingerprint density at radius 1 is 1.05 bits per heavy atom. The van der Waals surface area contributed by atoms with Gasteiger partial charge < -0.3 is 19.3 Å². The largest absolute Gasteiger partial charge is 0.493 e. The fourth-order valence-corrected chi connectivity index (χ4v) is 3.69. The topological polar surface area (TPSA) is 112 Å². The zero-order valence-corrected chi connectivity index (χ0v) is 20.9. The lowest BCUT2D eigenvalue weighted by atomic mass is 10.1. The van der Waals surface area contributed by atoms with E-state index in [4.69, 9.17) is 14.2 Å². The molecule has 0 aliphatic carbocycles. The van der Waals surface area contributed by atoms with Gasteiger partial charge in [-0.2, -0.15) is 22.9 Å². The van der Waals surface area contributed by atoms with Crippen molar-refractivity contribution in [2.24, 2.45) is 5.10 Å². The molecule has 4 aromatic rings. The number of para-hydroxylation sites is 1. The summed E-state index contributed by atoms with van der Waals surface area (Å²) in [6.07, 6.45) is -4.54. The van der Waals surface area contributed by atoms with Crippen molar-refractivity contribution in [2.75, 3.05) is 14.2 Å². The first-order chi connectivity index (χ1) is 18.5. The quantitative estimate of drug-likeness (QED) is 0.318. The first kappa shape index (κ1) is 27.2. The van der Waals surface area contributed by atoms with Gasteiger partial charge >= 0.3 is 12.1 Å². The Morgan fingerprint density at radius 3 is 2.33 bits per heavy atom. The second kappa shape index (κ2) is 10.9. The van der Waals surface area contributed by atoms with Crippen LogP contribution in [0.5, 0.6) is 17.2 Å². The van der Waals surface area contributed by atoms with Gasteiger partial charge in [0.05, 0.1) is 36.9 Å². The minimum atomic E-state index is -4.60. The van der Waals surface area contributed by atoms with Crippen LogP contribution in [0.15, 0.2) is 70.6 Å². The van der Waals surface area contributed by atoms with E-state index in [0.717, 1.165) is 16.8 Å². The zero-order chi connectivity index (χ0) is 28.3. The van der Waals surface area contributed by atoms with E-state index in [9.17, 15) is 27.9 Å². The van der Waals surface area contributed by atoms with Crippen LogP contribution in [0.4, 0.5) is 13.2 Å². The molecule has 202 valence electrons. The van der Waals surface area contributed by atoms with Gasteiger partial charge in [0.2, 0.25) is 5.75 Å². The standard InChI is InChI=1S/C27H22F3N3O6/c1-15(26(35)36)39-23-21(37-2)11-16(12-22(23)38-3)14-31-33-24(17-7-6-8-18(13-17)27(28,29)30)32-20-10-5-4-9-19(20)25(33)34/h4-15H,1-3H3,(H,35,36)/t15-/m0/s1. The predicted molar refractivity (Wildman–Crippen MR) is 137 cm³/mol. The Kier molecular flexibility index (Phi) is 7.56. The highest BCUT2D eigenvalue weighted by molar-refractivity contribution is 5.84. The average Bonchev–Trinajstić information content (AvgIpc) is 2.92. The molecule has 9 nitrogen and oxygen atoms in total. The van der Waals surface area contributed by atoms with E-state index in [1.807, 2.05) is 0 Å². The van der Waals surface area contributed by atoms with Crippen molar-refractivity contribution in [1.29, 1.82) is 0 Å². The summed E-state index contributed by atoms with van der Waals surface area (Å²) in [6.45, 7) is 1.34. The number of methoxy groups -OCH3 is 2. The average molecular weight is 541 g/mol. The molecule has 3 aromatic carbocycles. The van der Waals surface area contributed by atoms with E-state index in [1.54, 1.807) is 18.2 Å². The van der Waals surface area contributed by atoms with Gasteiger partial charge in [0.1, 0.15) is 0 Å². The lowest BCUT2D eigenvalue weighted by molar-refractivity contribution is -0.144. The molecule has 12 heteroatoms.